The number of carboxylic acid groups (broad SMARTS) is 2. The van der Waals surface area contributed by atoms with Crippen LogP contribution in [0.4, 0.5) is 18.4 Å². The molecule has 0 bridgehead atoms. The number of carbonyl (C=O) groups is 2. The summed E-state index contributed by atoms with van der Waals surface area (Å²) in [6.45, 7) is -0.475. The maximum Gasteiger partial charge on any atom is 0.512 e. The van der Waals surface area contributed by atoms with Crippen LogP contribution in [0.2, 0.25) is 0 Å². The standard InChI is InChI=1S/C12H8F2N2O6/c13-7-2-1-3-8(14)6(7)4-16-5-15-9(21-11(17)18)10(16)22-12(19)20/h1-3,5H,4H2,(H,17,18)(H,19,20). The molecule has 0 radical (unpaired) electrons. The van der Waals surface area contributed by atoms with Gasteiger partial charge in [0.2, 0.25) is 0 Å². The summed E-state index contributed by atoms with van der Waals surface area (Å²) < 4.78 is 36.7. The van der Waals surface area contributed by atoms with E-state index in [-0.39, 0.29) is 5.56 Å². The highest BCUT2D eigenvalue weighted by molar-refractivity contribution is 5.64. The molecule has 0 saturated carbocycles. The van der Waals surface area contributed by atoms with Crippen LogP contribution in [0.5, 0.6) is 11.8 Å². The third-order valence-corrected chi connectivity index (χ3v) is 2.52. The van der Waals surface area contributed by atoms with Gasteiger partial charge in [0.05, 0.1) is 6.54 Å². The predicted molar refractivity (Wildman–Crippen MR) is 65.0 cm³/mol. The van der Waals surface area contributed by atoms with Crippen molar-refractivity contribution in [2.24, 2.45) is 0 Å². The molecule has 0 fully saturated rings. The molecule has 0 aliphatic rings. The number of imidazole rings is 1. The number of hydrogen-bond acceptors (Lipinski definition) is 5. The minimum Gasteiger partial charge on any atom is -0.449 e. The first-order valence-corrected chi connectivity index (χ1v) is 5.68. The maximum absolute atomic E-state index is 13.6. The quantitative estimate of drug-likeness (QED) is 0.833. The van der Waals surface area contributed by atoms with Gasteiger partial charge >= 0.3 is 12.3 Å². The van der Waals surface area contributed by atoms with Crippen LogP contribution in [0.25, 0.3) is 0 Å². The number of rotatable bonds is 4. The number of aromatic nitrogens is 2. The Morgan fingerprint density at radius 3 is 2.27 bits per heavy atom. The summed E-state index contributed by atoms with van der Waals surface area (Å²) in [6.07, 6.45) is -2.59. The van der Waals surface area contributed by atoms with Gasteiger partial charge < -0.3 is 19.7 Å². The Labute approximate surface area is 121 Å². The first-order chi connectivity index (χ1) is 10.4. The van der Waals surface area contributed by atoms with Crippen molar-refractivity contribution in [3.05, 3.63) is 41.7 Å². The van der Waals surface area contributed by atoms with Crippen LogP contribution in [-0.4, -0.2) is 32.1 Å². The number of nitrogens with zero attached hydrogens (tertiary/aromatic N) is 2. The molecule has 0 aliphatic carbocycles. The Morgan fingerprint density at radius 1 is 1.14 bits per heavy atom. The Kier molecular flexibility index (Phi) is 4.20. The van der Waals surface area contributed by atoms with Crippen LogP contribution in [-0.2, 0) is 6.54 Å². The molecular formula is C12H8F2N2O6. The van der Waals surface area contributed by atoms with Gasteiger partial charge in [0.1, 0.15) is 18.0 Å². The zero-order chi connectivity index (χ0) is 16.3. The van der Waals surface area contributed by atoms with E-state index >= 15 is 0 Å². The van der Waals surface area contributed by atoms with Gasteiger partial charge in [0.15, 0.2) is 0 Å². The van der Waals surface area contributed by atoms with E-state index in [1.807, 2.05) is 0 Å². The van der Waals surface area contributed by atoms with Crippen LogP contribution in [0, 0.1) is 11.6 Å². The van der Waals surface area contributed by atoms with E-state index < -0.39 is 42.2 Å². The molecule has 0 amide bonds. The molecule has 10 heteroatoms. The SMILES string of the molecule is O=C(O)Oc1ncn(Cc2c(F)cccc2F)c1OC(=O)O. The minimum atomic E-state index is -1.77. The zero-order valence-corrected chi connectivity index (χ0v) is 10.7. The van der Waals surface area contributed by atoms with Crippen molar-refractivity contribution in [2.75, 3.05) is 0 Å². The molecule has 22 heavy (non-hydrogen) atoms. The third-order valence-electron chi connectivity index (χ3n) is 2.52. The molecule has 2 N–H and O–H groups in total. The molecule has 8 nitrogen and oxygen atoms in total. The lowest BCUT2D eigenvalue weighted by molar-refractivity contribution is 0.129. The van der Waals surface area contributed by atoms with Gasteiger partial charge in [0.25, 0.3) is 11.8 Å². The summed E-state index contributed by atoms with van der Waals surface area (Å²) in [5, 5.41) is 17.1. The molecule has 1 heterocycles. The van der Waals surface area contributed by atoms with Crippen molar-refractivity contribution < 1.29 is 38.1 Å². The average molecular weight is 314 g/mol. The van der Waals surface area contributed by atoms with Gasteiger partial charge in [-0.25, -0.2) is 18.4 Å². The molecule has 1 aromatic carbocycles. The second kappa shape index (κ2) is 6.08. The highest BCUT2D eigenvalue weighted by Gasteiger charge is 2.21. The lowest BCUT2D eigenvalue weighted by Gasteiger charge is -2.09. The van der Waals surface area contributed by atoms with E-state index in [4.69, 9.17) is 10.2 Å². The summed E-state index contributed by atoms with van der Waals surface area (Å²) in [5.41, 5.74) is -0.378. The number of halogens is 2. The van der Waals surface area contributed by atoms with Crippen LogP contribution in [0.15, 0.2) is 24.5 Å². The molecule has 0 spiro atoms. The van der Waals surface area contributed by atoms with Crippen LogP contribution < -0.4 is 9.47 Å². The number of benzene rings is 1. The first-order valence-electron chi connectivity index (χ1n) is 5.68. The van der Waals surface area contributed by atoms with Crippen molar-refractivity contribution in [1.82, 2.24) is 9.55 Å². The summed E-state index contributed by atoms with van der Waals surface area (Å²) >= 11 is 0. The van der Waals surface area contributed by atoms with E-state index in [1.165, 1.54) is 0 Å². The topological polar surface area (TPSA) is 111 Å². The van der Waals surface area contributed by atoms with Crippen molar-refractivity contribution in [1.29, 1.82) is 0 Å². The molecule has 2 aromatic rings. The van der Waals surface area contributed by atoms with E-state index in [1.54, 1.807) is 0 Å². The smallest absolute Gasteiger partial charge is 0.449 e. The Bertz CT molecular complexity index is 710. The van der Waals surface area contributed by atoms with Crippen LogP contribution >= 0.6 is 0 Å². The molecule has 0 atom stereocenters. The maximum atomic E-state index is 13.6. The summed E-state index contributed by atoms with van der Waals surface area (Å²) in [5.74, 6) is -3.00. The van der Waals surface area contributed by atoms with Gasteiger partial charge in [-0.3, -0.25) is 4.57 Å². The zero-order valence-electron chi connectivity index (χ0n) is 10.7. The molecule has 1 aromatic heterocycles. The van der Waals surface area contributed by atoms with E-state index in [0.717, 1.165) is 29.1 Å². The lowest BCUT2D eigenvalue weighted by Crippen LogP contribution is -2.12. The molecule has 116 valence electrons. The monoisotopic (exact) mass is 314 g/mol. The molecule has 0 saturated heterocycles. The number of hydrogen-bond donors (Lipinski definition) is 2. The first kappa shape index (κ1) is 15.2. The van der Waals surface area contributed by atoms with Crippen molar-refractivity contribution in [2.45, 2.75) is 6.54 Å². The predicted octanol–water partition coefficient (Wildman–Crippen LogP) is 2.32. The Hall–Kier alpha value is -3.17. The minimum absolute atomic E-state index is 0.378. The largest absolute Gasteiger partial charge is 0.512 e. The van der Waals surface area contributed by atoms with Gasteiger partial charge in [-0.2, -0.15) is 4.98 Å². The van der Waals surface area contributed by atoms with Gasteiger partial charge in [-0.05, 0) is 12.1 Å². The Balaban J connectivity index is 2.40. The van der Waals surface area contributed by atoms with Crippen molar-refractivity contribution in [3.63, 3.8) is 0 Å². The second-order valence-corrected chi connectivity index (χ2v) is 3.92. The molecule has 2 rings (SSSR count). The van der Waals surface area contributed by atoms with E-state index in [9.17, 15) is 18.4 Å². The fourth-order valence-corrected chi connectivity index (χ4v) is 1.66. The number of ether oxygens (including phenoxy) is 2. The fourth-order valence-electron chi connectivity index (χ4n) is 1.66. The highest BCUT2D eigenvalue weighted by atomic mass is 19.1. The average Bonchev–Trinajstić information content (AvgIpc) is 2.75. The van der Waals surface area contributed by atoms with Crippen molar-refractivity contribution >= 4 is 12.3 Å². The van der Waals surface area contributed by atoms with E-state index in [2.05, 4.69) is 14.5 Å². The molecule has 0 unspecified atom stereocenters. The van der Waals surface area contributed by atoms with Crippen molar-refractivity contribution in [3.8, 4) is 11.8 Å². The second-order valence-electron chi connectivity index (χ2n) is 3.92. The van der Waals surface area contributed by atoms with Gasteiger partial charge in [-0.1, -0.05) is 6.07 Å². The van der Waals surface area contributed by atoms with Gasteiger partial charge in [-0.15, -0.1) is 0 Å². The van der Waals surface area contributed by atoms with Crippen LogP contribution in [0.1, 0.15) is 5.56 Å². The van der Waals surface area contributed by atoms with E-state index in [0.29, 0.717) is 0 Å². The normalized spacial score (nSPS) is 10.3. The molecule has 0 aliphatic heterocycles. The van der Waals surface area contributed by atoms with Crippen LogP contribution in [0.3, 0.4) is 0 Å². The molecular weight excluding hydrogens is 306 g/mol. The Morgan fingerprint density at radius 2 is 1.73 bits per heavy atom. The summed E-state index contributed by atoms with van der Waals surface area (Å²) in [6, 6.07) is 3.19. The highest BCUT2D eigenvalue weighted by Crippen LogP contribution is 2.27. The summed E-state index contributed by atoms with van der Waals surface area (Å²) in [4.78, 5) is 24.6. The lowest BCUT2D eigenvalue weighted by atomic mass is 10.2. The fraction of sp³-hybridized carbons (Fsp3) is 0.0833. The summed E-state index contributed by atoms with van der Waals surface area (Å²) in [7, 11) is 0. The third kappa shape index (κ3) is 3.29. The van der Waals surface area contributed by atoms with Gasteiger partial charge in [0, 0.05) is 5.56 Å².